The normalized spacial score (nSPS) is 17.3. The molecular weight excluding hydrogens is 620 g/mol. The van der Waals surface area contributed by atoms with Crippen LogP contribution in [0.2, 0.25) is 0 Å². The molecule has 262 valence electrons. The molecule has 2 aromatic rings. The summed E-state index contributed by atoms with van der Waals surface area (Å²) in [5.74, 6) is -3.26. The van der Waals surface area contributed by atoms with Crippen LogP contribution < -0.4 is 4.74 Å². The van der Waals surface area contributed by atoms with Gasteiger partial charge in [-0.3, -0.25) is 0 Å². The number of alkyl halides is 3. The third kappa shape index (κ3) is 13.6. The van der Waals surface area contributed by atoms with Gasteiger partial charge in [-0.05, 0) is 56.9 Å². The Morgan fingerprint density at radius 1 is 0.851 bits per heavy atom. The Bertz CT molecular complexity index is 1210. The maximum absolute atomic E-state index is 14.8. The molecule has 1 atom stereocenters. The third-order valence-electron chi connectivity index (χ3n) is 8.05. The second-order valence-corrected chi connectivity index (χ2v) is 11.9. The van der Waals surface area contributed by atoms with Crippen molar-refractivity contribution in [2.24, 2.45) is 5.92 Å². The molecule has 0 spiro atoms. The first kappa shape index (κ1) is 38.4. The van der Waals surface area contributed by atoms with E-state index >= 15 is 0 Å². The summed E-state index contributed by atoms with van der Waals surface area (Å²) >= 11 is 0. The predicted octanol–water partition coefficient (Wildman–Crippen LogP) is 9.53. The summed E-state index contributed by atoms with van der Waals surface area (Å²) < 4.78 is 82.2. The Morgan fingerprint density at radius 3 is 2.17 bits per heavy atom. The van der Waals surface area contributed by atoms with Gasteiger partial charge < -0.3 is 23.7 Å². The smallest absolute Gasteiger partial charge is 0.425 e. The number of esters is 2. The second kappa shape index (κ2) is 20.4. The molecule has 3 rings (SSSR count). The van der Waals surface area contributed by atoms with E-state index in [1.807, 2.05) is 6.92 Å². The lowest BCUT2D eigenvalue weighted by atomic mass is 10.0. The van der Waals surface area contributed by atoms with Gasteiger partial charge in [0.15, 0.2) is 12.4 Å². The fraction of sp³-hybridized carbons (Fsp3) is 0.611. The zero-order valence-electron chi connectivity index (χ0n) is 27.5. The number of carbonyl (C=O) groups is 2. The van der Waals surface area contributed by atoms with Crippen LogP contribution in [0.15, 0.2) is 42.5 Å². The van der Waals surface area contributed by atoms with Crippen LogP contribution in [0, 0.1) is 11.7 Å². The van der Waals surface area contributed by atoms with Crippen LogP contribution in [0.5, 0.6) is 5.75 Å². The molecule has 0 saturated carbocycles. The number of carbonyl (C=O) groups excluding carboxylic acids is 2. The van der Waals surface area contributed by atoms with Gasteiger partial charge in [0.05, 0.1) is 24.3 Å². The molecule has 47 heavy (non-hydrogen) atoms. The third-order valence-corrected chi connectivity index (χ3v) is 8.05. The summed E-state index contributed by atoms with van der Waals surface area (Å²) in [5.41, 5.74) is 0.231. The van der Waals surface area contributed by atoms with Crippen LogP contribution in [-0.4, -0.2) is 50.6 Å². The van der Waals surface area contributed by atoms with Crippen molar-refractivity contribution in [3.05, 3.63) is 65.0 Å². The average molecular weight is 669 g/mol. The molecule has 0 N–H and O–H groups in total. The first-order chi connectivity index (χ1) is 22.6. The van der Waals surface area contributed by atoms with Crippen LogP contribution in [-0.2, 0) is 18.9 Å². The first-order valence-electron chi connectivity index (χ1n) is 16.8. The molecule has 0 amide bonds. The van der Waals surface area contributed by atoms with Crippen molar-refractivity contribution in [3.63, 3.8) is 0 Å². The van der Waals surface area contributed by atoms with Crippen molar-refractivity contribution in [3.8, 4) is 5.75 Å². The van der Waals surface area contributed by atoms with E-state index in [1.54, 1.807) is 12.1 Å². The Balaban J connectivity index is 1.46. The van der Waals surface area contributed by atoms with Gasteiger partial charge in [-0.1, -0.05) is 70.4 Å². The van der Waals surface area contributed by atoms with Crippen LogP contribution >= 0.6 is 0 Å². The second-order valence-electron chi connectivity index (χ2n) is 11.9. The molecule has 11 heteroatoms. The van der Waals surface area contributed by atoms with E-state index in [4.69, 9.17) is 18.9 Å². The maximum atomic E-state index is 14.8. The minimum atomic E-state index is -4.80. The highest BCUT2D eigenvalue weighted by Gasteiger charge is 2.42. The van der Waals surface area contributed by atoms with E-state index in [-0.39, 0.29) is 17.7 Å². The average Bonchev–Trinajstić information content (AvgIpc) is 3.05. The number of unbranched alkanes of at least 4 members (excludes halogenated alkanes) is 8. The monoisotopic (exact) mass is 668 g/mol. The lowest BCUT2D eigenvalue weighted by Crippen LogP contribution is -2.34. The molecule has 1 aliphatic heterocycles. The fourth-order valence-corrected chi connectivity index (χ4v) is 5.30. The molecule has 1 fully saturated rings. The van der Waals surface area contributed by atoms with E-state index in [0.717, 1.165) is 43.0 Å². The van der Waals surface area contributed by atoms with Crippen molar-refractivity contribution in [1.29, 1.82) is 0 Å². The largest absolute Gasteiger partial charge is 0.449 e. The van der Waals surface area contributed by atoms with E-state index in [9.17, 15) is 27.2 Å². The Morgan fingerprint density at radius 2 is 1.51 bits per heavy atom. The summed E-state index contributed by atoms with van der Waals surface area (Å²) in [4.78, 5) is 25.1. The summed E-state index contributed by atoms with van der Waals surface area (Å²) in [6, 6.07) is 9.26. The molecular formula is C36H48F4O7. The van der Waals surface area contributed by atoms with E-state index in [1.165, 1.54) is 44.2 Å². The number of rotatable bonds is 20. The van der Waals surface area contributed by atoms with Gasteiger partial charge >= 0.3 is 18.1 Å². The zero-order chi connectivity index (χ0) is 34.1. The molecule has 0 aromatic heterocycles. The van der Waals surface area contributed by atoms with E-state index in [2.05, 4.69) is 11.7 Å². The minimum absolute atomic E-state index is 0.181. The SMILES string of the molecule is CCCCCCCCC1COC(c2ccc(C(=O)Oc3ccc(C(=O)OC(CCCCCCOCC)C(F)(F)F)c(F)c3)cc2)OC1. The minimum Gasteiger partial charge on any atom is -0.449 e. The number of hydrogen-bond donors (Lipinski definition) is 0. The molecule has 0 bridgehead atoms. The summed E-state index contributed by atoms with van der Waals surface area (Å²) in [5, 5.41) is 0. The van der Waals surface area contributed by atoms with E-state index in [0.29, 0.717) is 45.2 Å². The van der Waals surface area contributed by atoms with E-state index < -0.39 is 48.3 Å². The molecule has 1 saturated heterocycles. The van der Waals surface area contributed by atoms with Crippen molar-refractivity contribution >= 4 is 11.9 Å². The van der Waals surface area contributed by atoms with Gasteiger partial charge in [0.25, 0.3) is 0 Å². The first-order valence-corrected chi connectivity index (χ1v) is 16.8. The van der Waals surface area contributed by atoms with Crippen molar-refractivity contribution in [2.45, 2.75) is 109 Å². The molecule has 0 aliphatic carbocycles. The van der Waals surface area contributed by atoms with Crippen molar-refractivity contribution in [1.82, 2.24) is 0 Å². The fourth-order valence-electron chi connectivity index (χ4n) is 5.30. The van der Waals surface area contributed by atoms with Crippen LogP contribution in [0.1, 0.15) is 123 Å². The topological polar surface area (TPSA) is 80.3 Å². The number of hydrogen-bond acceptors (Lipinski definition) is 7. The van der Waals surface area contributed by atoms with Crippen LogP contribution in [0.3, 0.4) is 0 Å². The lowest BCUT2D eigenvalue weighted by molar-refractivity contribution is -0.206. The van der Waals surface area contributed by atoms with Gasteiger partial charge in [0, 0.05) is 30.8 Å². The molecule has 0 radical (unpaired) electrons. The summed E-state index contributed by atoms with van der Waals surface area (Å²) in [7, 11) is 0. The molecule has 2 aromatic carbocycles. The highest BCUT2D eigenvalue weighted by molar-refractivity contribution is 5.92. The van der Waals surface area contributed by atoms with Crippen molar-refractivity contribution in [2.75, 3.05) is 26.4 Å². The van der Waals surface area contributed by atoms with Gasteiger partial charge in [0.2, 0.25) is 0 Å². The molecule has 1 heterocycles. The van der Waals surface area contributed by atoms with Gasteiger partial charge in [-0.25, -0.2) is 14.0 Å². The molecule has 7 nitrogen and oxygen atoms in total. The van der Waals surface area contributed by atoms with Crippen molar-refractivity contribution < 1.29 is 50.8 Å². The number of halogens is 4. The quantitative estimate of drug-likeness (QED) is 0.0602. The van der Waals surface area contributed by atoms with Gasteiger partial charge in [-0.15, -0.1) is 0 Å². The summed E-state index contributed by atoms with van der Waals surface area (Å²) in [6.45, 7) is 6.38. The van der Waals surface area contributed by atoms with Gasteiger partial charge in [-0.2, -0.15) is 13.2 Å². The Labute approximate surface area is 275 Å². The predicted molar refractivity (Wildman–Crippen MR) is 169 cm³/mol. The maximum Gasteiger partial charge on any atom is 0.425 e. The number of ether oxygens (including phenoxy) is 5. The lowest BCUT2D eigenvalue weighted by Gasteiger charge is -2.29. The van der Waals surface area contributed by atoms with Gasteiger partial charge in [0.1, 0.15) is 11.6 Å². The van der Waals surface area contributed by atoms with Crippen LogP contribution in [0.4, 0.5) is 17.6 Å². The Kier molecular flexibility index (Phi) is 16.7. The number of benzene rings is 2. The molecule has 1 aliphatic rings. The zero-order valence-corrected chi connectivity index (χ0v) is 27.5. The highest BCUT2D eigenvalue weighted by Crippen LogP contribution is 2.30. The Hall–Kier alpha value is -3.02. The van der Waals surface area contributed by atoms with Crippen LogP contribution in [0.25, 0.3) is 0 Å². The highest BCUT2D eigenvalue weighted by atomic mass is 19.4. The standard InChI is InChI=1S/C36H48F4O7/c1-3-5-6-7-8-11-14-26-24-44-35(45-25-26)28-18-16-27(17-19-28)33(41)46-29-20-21-30(31(37)23-29)34(42)47-32(36(38,39)40)15-12-9-10-13-22-43-4-2/h16-21,23,26,32,35H,3-15,22,24-25H2,1-2H3. The summed E-state index contributed by atoms with van der Waals surface area (Å²) in [6.07, 6.45) is 2.48. The molecule has 1 unspecified atom stereocenters.